The van der Waals surface area contributed by atoms with Gasteiger partial charge in [0.15, 0.2) is 0 Å². The molecule has 0 spiro atoms. The van der Waals surface area contributed by atoms with E-state index >= 15 is 0 Å². The maximum absolute atomic E-state index is 12.2. The first kappa shape index (κ1) is 17.6. The van der Waals surface area contributed by atoms with E-state index in [0.717, 1.165) is 30.8 Å². The third-order valence-electron chi connectivity index (χ3n) is 4.30. The number of hydrogen-bond acceptors (Lipinski definition) is 7. The summed E-state index contributed by atoms with van der Waals surface area (Å²) in [6.45, 7) is 3.25. The lowest BCUT2D eigenvalue weighted by Crippen LogP contribution is -2.44. The molecule has 0 aromatic carbocycles. The molecular formula is C15H19N5O4S. The third-order valence-corrected chi connectivity index (χ3v) is 5.10. The Hall–Kier alpha value is -2.23. The van der Waals surface area contributed by atoms with Crippen molar-refractivity contribution in [3.05, 3.63) is 5.89 Å². The Balaban J connectivity index is 1.58. The van der Waals surface area contributed by atoms with Crippen molar-refractivity contribution in [1.82, 2.24) is 20.0 Å². The van der Waals surface area contributed by atoms with Gasteiger partial charge in [0.2, 0.25) is 17.7 Å². The van der Waals surface area contributed by atoms with Crippen LogP contribution in [0.1, 0.15) is 25.7 Å². The SMILES string of the molecule is CC1=NC(=O)N(C)C(=O)C1Cc1nnc(SCC(=O)N2CCCC2)o1. The van der Waals surface area contributed by atoms with Crippen LogP contribution in [0.3, 0.4) is 0 Å². The van der Waals surface area contributed by atoms with Gasteiger partial charge in [0.05, 0.1) is 11.7 Å². The Morgan fingerprint density at radius 1 is 1.28 bits per heavy atom. The average molecular weight is 365 g/mol. The number of nitrogens with zero attached hydrogens (tertiary/aromatic N) is 5. The van der Waals surface area contributed by atoms with Gasteiger partial charge in [-0.1, -0.05) is 11.8 Å². The van der Waals surface area contributed by atoms with Gasteiger partial charge in [-0.05, 0) is 19.8 Å². The number of hydrogen-bond donors (Lipinski definition) is 0. The van der Waals surface area contributed by atoms with Gasteiger partial charge in [-0.25, -0.2) is 9.79 Å². The Bertz CT molecular complexity index is 725. The van der Waals surface area contributed by atoms with Crippen LogP contribution < -0.4 is 0 Å². The molecule has 134 valence electrons. The highest BCUT2D eigenvalue weighted by Gasteiger charge is 2.34. The van der Waals surface area contributed by atoms with Crippen LogP contribution in [0, 0.1) is 5.92 Å². The molecule has 10 heteroatoms. The molecule has 0 saturated carbocycles. The molecule has 0 N–H and O–H groups in total. The number of imide groups is 1. The van der Waals surface area contributed by atoms with E-state index in [2.05, 4.69) is 15.2 Å². The number of amides is 4. The number of urea groups is 1. The summed E-state index contributed by atoms with van der Waals surface area (Å²) < 4.78 is 5.52. The van der Waals surface area contributed by atoms with E-state index in [1.807, 2.05) is 4.90 Å². The molecule has 1 aromatic heterocycles. The molecule has 4 amide bonds. The third kappa shape index (κ3) is 3.89. The smallest absolute Gasteiger partial charge is 0.349 e. The fourth-order valence-electron chi connectivity index (χ4n) is 2.78. The number of thioether (sulfide) groups is 1. The molecule has 1 unspecified atom stereocenters. The first-order valence-corrected chi connectivity index (χ1v) is 9.04. The molecule has 1 atom stereocenters. The highest BCUT2D eigenvalue weighted by Crippen LogP contribution is 2.22. The van der Waals surface area contributed by atoms with Crippen molar-refractivity contribution in [2.24, 2.45) is 10.9 Å². The number of carbonyl (C=O) groups excluding carboxylic acids is 3. The zero-order chi connectivity index (χ0) is 18.0. The summed E-state index contributed by atoms with van der Waals surface area (Å²) in [7, 11) is 1.40. The van der Waals surface area contributed by atoms with Gasteiger partial charge in [0.1, 0.15) is 0 Å². The Kier molecular flexibility index (Phi) is 5.16. The number of likely N-dealkylation sites (tertiary alicyclic amines) is 1. The molecule has 9 nitrogen and oxygen atoms in total. The second-order valence-electron chi connectivity index (χ2n) is 6.03. The van der Waals surface area contributed by atoms with Crippen molar-refractivity contribution >= 4 is 35.3 Å². The summed E-state index contributed by atoms with van der Waals surface area (Å²) in [4.78, 5) is 42.4. The van der Waals surface area contributed by atoms with E-state index < -0.39 is 11.9 Å². The number of carbonyl (C=O) groups is 3. The van der Waals surface area contributed by atoms with Crippen molar-refractivity contribution in [3.8, 4) is 0 Å². The summed E-state index contributed by atoms with van der Waals surface area (Å²) in [5.41, 5.74) is 0.435. The van der Waals surface area contributed by atoms with Gasteiger partial charge >= 0.3 is 6.03 Å². The van der Waals surface area contributed by atoms with Crippen molar-refractivity contribution in [3.63, 3.8) is 0 Å². The number of aliphatic imine (C=N–C) groups is 1. The van der Waals surface area contributed by atoms with Crippen molar-refractivity contribution < 1.29 is 18.8 Å². The highest BCUT2D eigenvalue weighted by molar-refractivity contribution is 7.99. The minimum atomic E-state index is -0.591. The first-order valence-electron chi connectivity index (χ1n) is 8.05. The second kappa shape index (κ2) is 7.34. The Labute approximate surface area is 148 Å². The predicted octanol–water partition coefficient (Wildman–Crippen LogP) is 0.996. The van der Waals surface area contributed by atoms with Crippen LogP contribution >= 0.6 is 11.8 Å². The van der Waals surface area contributed by atoms with Crippen LogP contribution in [0.15, 0.2) is 14.6 Å². The predicted molar refractivity (Wildman–Crippen MR) is 89.3 cm³/mol. The Morgan fingerprint density at radius 2 is 2.00 bits per heavy atom. The van der Waals surface area contributed by atoms with Crippen LogP contribution in [0.2, 0.25) is 0 Å². The van der Waals surface area contributed by atoms with Gasteiger partial charge < -0.3 is 9.32 Å². The highest BCUT2D eigenvalue weighted by atomic mass is 32.2. The molecular weight excluding hydrogens is 346 g/mol. The van der Waals surface area contributed by atoms with Crippen LogP contribution in [0.4, 0.5) is 4.79 Å². The zero-order valence-corrected chi connectivity index (χ0v) is 14.9. The van der Waals surface area contributed by atoms with Crippen LogP contribution in [0.25, 0.3) is 0 Å². The zero-order valence-electron chi connectivity index (χ0n) is 14.1. The standard InChI is InChI=1S/C15H19N5O4S/c1-9-10(13(22)19(2)14(23)16-9)7-11-17-18-15(24-11)25-8-12(21)20-5-3-4-6-20/h10H,3-8H2,1-2H3. The van der Waals surface area contributed by atoms with Crippen molar-refractivity contribution in [2.45, 2.75) is 31.4 Å². The van der Waals surface area contributed by atoms with Crippen LogP contribution in [-0.4, -0.2) is 69.4 Å². The van der Waals surface area contributed by atoms with Gasteiger partial charge in [-0.15, -0.1) is 10.2 Å². The van der Waals surface area contributed by atoms with Gasteiger partial charge in [0, 0.05) is 32.3 Å². The normalized spacial score (nSPS) is 21.0. The molecule has 2 aliphatic heterocycles. The Morgan fingerprint density at radius 3 is 2.72 bits per heavy atom. The van der Waals surface area contributed by atoms with Gasteiger partial charge in [0.25, 0.3) is 5.22 Å². The molecule has 0 bridgehead atoms. The van der Waals surface area contributed by atoms with E-state index in [4.69, 9.17) is 4.42 Å². The van der Waals surface area contributed by atoms with E-state index in [-0.39, 0.29) is 29.9 Å². The summed E-state index contributed by atoms with van der Waals surface area (Å²) in [6, 6.07) is -0.569. The summed E-state index contributed by atoms with van der Waals surface area (Å²) in [5.74, 6) is -0.331. The summed E-state index contributed by atoms with van der Waals surface area (Å²) in [5, 5.41) is 8.13. The lowest BCUT2D eigenvalue weighted by Gasteiger charge is -2.24. The fraction of sp³-hybridized carbons (Fsp3) is 0.600. The van der Waals surface area contributed by atoms with E-state index in [0.29, 0.717) is 10.9 Å². The summed E-state index contributed by atoms with van der Waals surface area (Å²) >= 11 is 1.19. The summed E-state index contributed by atoms with van der Waals surface area (Å²) in [6.07, 6.45) is 2.28. The first-order chi connectivity index (χ1) is 12.0. The lowest BCUT2D eigenvalue weighted by atomic mass is 9.97. The molecule has 3 rings (SSSR count). The maximum Gasteiger partial charge on any atom is 0.349 e. The number of rotatable bonds is 5. The molecule has 1 saturated heterocycles. The topological polar surface area (TPSA) is 109 Å². The largest absolute Gasteiger partial charge is 0.416 e. The lowest BCUT2D eigenvalue weighted by molar-refractivity contribution is -0.129. The monoisotopic (exact) mass is 365 g/mol. The van der Waals surface area contributed by atoms with Gasteiger partial charge in [-0.2, -0.15) is 0 Å². The molecule has 0 radical (unpaired) electrons. The van der Waals surface area contributed by atoms with Crippen LogP contribution in [0.5, 0.6) is 0 Å². The van der Waals surface area contributed by atoms with E-state index in [1.54, 1.807) is 6.92 Å². The quantitative estimate of drug-likeness (QED) is 0.716. The molecule has 1 fully saturated rings. The minimum absolute atomic E-state index is 0.0628. The average Bonchev–Trinajstić information content (AvgIpc) is 3.26. The molecule has 2 aliphatic rings. The van der Waals surface area contributed by atoms with Crippen molar-refractivity contribution in [1.29, 1.82) is 0 Å². The van der Waals surface area contributed by atoms with E-state index in [9.17, 15) is 14.4 Å². The minimum Gasteiger partial charge on any atom is -0.416 e. The fourth-order valence-corrected chi connectivity index (χ4v) is 3.46. The number of aromatic nitrogens is 2. The molecule has 3 heterocycles. The van der Waals surface area contributed by atoms with Crippen molar-refractivity contribution in [2.75, 3.05) is 25.9 Å². The molecule has 25 heavy (non-hydrogen) atoms. The molecule has 1 aromatic rings. The second-order valence-corrected chi connectivity index (χ2v) is 6.95. The maximum atomic E-state index is 12.2. The van der Waals surface area contributed by atoms with Crippen LogP contribution in [-0.2, 0) is 16.0 Å². The van der Waals surface area contributed by atoms with Gasteiger partial charge in [-0.3, -0.25) is 14.5 Å². The molecule has 0 aliphatic carbocycles. The van der Waals surface area contributed by atoms with E-state index in [1.165, 1.54) is 18.8 Å².